The molecule has 0 aliphatic heterocycles. The van der Waals surface area contributed by atoms with Crippen LogP contribution in [0.5, 0.6) is 5.88 Å². The molecule has 90 valence electrons. The van der Waals surface area contributed by atoms with Crippen LogP contribution in [0.4, 0.5) is 0 Å². The van der Waals surface area contributed by atoms with E-state index in [0.717, 1.165) is 0 Å². The zero-order valence-corrected chi connectivity index (χ0v) is 9.93. The Morgan fingerprint density at radius 1 is 1.47 bits per heavy atom. The van der Waals surface area contributed by atoms with E-state index in [4.69, 9.17) is 4.74 Å². The quantitative estimate of drug-likeness (QED) is 0.703. The minimum absolute atomic E-state index is 0.144. The molecule has 0 bridgehead atoms. The van der Waals surface area contributed by atoms with Crippen LogP contribution in [0.25, 0.3) is 0 Å². The summed E-state index contributed by atoms with van der Waals surface area (Å²) in [5.41, 5.74) is 0.443. The molecule has 0 unspecified atom stereocenters. The van der Waals surface area contributed by atoms with E-state index < -0.39 is 0 Å². The highest BCUT2D eigenvalue weighted by Crippen LogP contribution is 2.16. The Balaban J connectivity index is 2.99. The van der Waals surface area contributed by atoms with Gasteiger partial charge in [-0.25, -0.2) is 4.98 Å². The Kier molecular flexibility index (Phi) is 4.94. The maximum absolute atomic E-state index is 12.2. The zero-order chi connectivity index (χ0) is 12.7. The molecule has 0 aliphatic rings. The van der Waals surface area contributed by atoms with Crippen molar-refractivity contribution < 1.29 is 9.53 Å². The van der Waals surface area contributed by atoms with Gasteiger partial charge in [-0.15, -0.1) is 13.2 Å². The number of ether oxygens (including phenoxy) is 1. The van der Waals surface area contributed by atoms with Crippen LogP contribution < -0.4 is 4.74 Å². The molecule has 1 amide bonds. The summed E-state index contributed by atoms with van der Waals surface area (Å²) in [6.07, 6.45) is 4.93. The highest BCUT2D eigenvalue weighted by Gasteiger charge is 2.18. The van der Waals surface area contributed by atoms with E-state index >= 15 is 0 Å². The molecule has 0 spiro atoms. The van der Waals surface area contributed by atoms with Gasteiger partial charge in [0.25, 0.3) is 5.91 Å². The van der Waals surface area contributed by atoms with Crippen LogP contribution in [0, 0.1) is 0 Å². The Morgan fingerprint density at radius 3 is 2.65 bits per heavy atom. The zero-order valence-electron chi connectivity index (χ0n) is 9.93. The fraction of sp³-hybridized carbons (Fsp3) is 0.231. The minimum Gasteiger partial charge on any atom is -0.480 e. The van der Waals surface area contributed by atoms with E-state index in [1.54, 1.807) is 35.4 Å². The SMILES string of the molecule is C=CCN(CC=C)C(=O)c1cccnc1OC. The molecule has 0 aromatic carbocycles. The second kappa shape index (κ2) is 6.48. The Hall–Kier alpha value is -2.10. The van der Waals surface area contributed by atoms with E-state index in [2.05, 4.69) is 18.1 Å². The minimum atomic E-state index is -0.144. The number of aromatic nitrogens is 1. The molecule has 0 fully saturated rings. The number of rotatable bonds is 6. The average molecular weight is 232 g/mol. The van der Waals surface area contributed by atoms with Crippen LogP contribution in [0.1, 0.15) is 10.4 Å². The summed E-state index contributed by atoms with van der Waals surface area (Å²) in [5.74, 6) is 0.186. The van der Waals surface area contributed by atoms with E-state index in [0.29, 0.717) is 24.5 Å². The van der Waals surface area contributed by atoms with Crippen molar-refractivity contribution in [2.45, 2.75) is 0 Å². The third-order valence-electron chi connectivity index (χ3n) is 2.18. The molecule has 0 aliphatic carbocycles. The number of nitrogens with zero attached hydrogens (tertiary/aromatic N) is 2. The lowest BCUT2D eigenvalue weighted by Crippen LogP contribution is -2.31. The summed E-state index contributed by atoms with van der Waals surface area (Å²) in [5, 5.41) is 0. The molecule has 4 nitrogen and oxygen atoms in total. The van der Waals surface area contributed by atoms with Crippen molar-refractivity contribution in [2.75, 3.05) is 20.2 Å². The molecule has 0 saturated heterocycles. The molecular formula is C13H16N2O2. The molecule has 1 heterocycles. The number of hydrogen-bond acceptors (Lipinski definition) is 3. The molecule has 17 heavy (non-hydrogen) atoms. The summed E-state index contributed by atoms with van der Waals surface area (Å²) in [6, 6.07) is 3.39. The number of amides is 1. The van der Waals surface area contributed by atoms with Gasteiger partial charge in [0.05, 0.1) is 7.11 Å². The van der Waals surface area contributed by atoms with Crippen LogP contribution in [0.3, 0.4) is 0 Å². The van der Waals surface area contributed by atoms with Gasteiger partial charge in [-0.05, 0) is 12.1 Å². The van der Waals surface area contributed by atoms with Gasteiger partial charge in [0, 0.05) is 19.3 Å². The summed E-state index contributed by atoms with van der Waals surface area (Å²) in [6.45, 7) is 8.18. The maximum atomic E-state index is 12.2. The largest absolute Gasteiger partial charge is 0.480 e. The molecule has 0 saturated carbocycles. The first-order valence-corrected chi connectivity index (χ1v) is 5.24. The summed E-state index contributed by atoms with van der Waals surface area (Å²) >= 11 is 0. The molecular weight excluding hydrogens is 216 g/mol. The third kappa shape index (κ3) is 3.17. The lowest BCUT2D eigenvalue weighted by atomic mass is 10.2. The van der Waals surface area contributed by atoms with Crippen LogP contribution >= 0.6 is 0 Å². The summed E-state index contributed by atoms with van der Waals surface area (Å²) < 4.78 is 5.06. The highest BCUT2D eigenvalue weighted by atomic mass is 16.5. The standard InChI is InChI=1S/C13H16N2O2/c1-4-9-15(10-5-2)13(16)11-7-6-8-14-12(11)17-3/h4-8H,1-2,9-10H2,3H3. The second-order valence-electron chi connectivity index (χ2n) is 3.35. The molecule has 0 atom stereocenters. The molecule has 0 radical (unpaired) electrons. The predicted molar refractivity (Wildman–Crippen MR) is 67.1 cm³/mol. The normalized spacial score (nSPS) is 9.47. The first-order chi connectivity index (χ1) is 8.24. The fourth-order valence-corrected chi connectivity index (χ4v) is 1.44. The van der Waals surface area contributed by atoms with Gasteiger partial charge in [0.2, 0.25) is 5.88 Å². The van der Waals surface area contributed by atoms with Gasteiger partial charge in [-0.1, -0.05) is 12.2 Å². The lowest BCUT2D eigenvalue weighted by molar-refractivity contribution is 0.0786. The summed E-state index contributed by atoms with van der Waals surface area (Å²) in [7, 11) is 1.49. The first-order valence-electron chi connectivity index (χ1n) is 5.24. The maximum Gasteiger partial charge on any atom is 0.259 e. The van der Waals surface area contributed by atoms with Crippen molar-refractivity contribution in [1.82, 2.24) is 9.88 Å². The number of methoxy groups -OCH3 is 1. The van der Waals surface area contributed by atoms with Crippen LogP contribution in [0.2, 0.25) is 0 Å². The van der Waals surface area contributed by atoms with Crippen molar-refractivity contribution in [1.29, 1.82) is 0 Å². The smallest absolute Gasteiger partial charge is 0.259 e. The topological polar surface area (TPSA) is 42.4 Å². The van der Waals surface area contributed by atoms with Crippen molar-refractivity contribution in [3.63, 3.8) is 0 Å². The molecule has 1 aromatic rings. The molecule has 1 rings (SSSR count). The van der Waals surface area contributed by atoms with Crippen LogP contribution in [-0.4, -0.2) is 36.0 Å². The van der Waals surface area contributed by atoms with Gasteiger partial charge >= 0.3 is 0 Å². The average Bonchev–Trinajstić information content (AvgIpc) is 2.37. The van der Waals surface area contributed by atoms with Crippen LogP contribution in [-0.2, 0) is 0 Å². The van der Waals surface area contributed by atoms with Gasteiger partial charge < -0.3 is 9.64 Å². The van der Waals surface area contributed by atoms with Gasteiger partial charge in [0.1, 0.15) is 5.56 Å². The molecule has 4 heteroatoms. The lowest BCUT2D eigenvalue weighted by Gasteiger charge is -2.19. The molecule has 0 N–H and O–H groups in total. The first kappa shape index (κ1) is 13.0. The van der Waals surface area contributed by atoms with Crippen LogP contribution in [0.15, 0.2) is 43.6 Å². The van der Waals surface area contributed by atoms with Crippen molar-refractivity contribution in [3.8, 4) is 5.88 Å². The highest BCUT2D eigenvalue weighted by molar-refractivity contribution is 5.96. The van der Waals surface area contributed by atoms with E-state index in [-0.39, 0.29) is 5.91 Å². The number of pyridine rings is 1. The Morgan fingerprint density at radius 2 is 2.12 bits per heavy atom. The Labute approximate surface area is 101 Å². The van der Waals surface area contributed by atoms with Crippen molar-refractivity contribution in [2.24, 2.45) is 0 Å². The Bertz CT molecular complexity index is 406. The van der Waals surface area contributed by atoms with E-state index in [1.807, 2.05) is 0 Å². The number of carbonyl (C=O) groups excluding carboxylic acids is 1. The third-order valence-corrected chi connectivity index (χ3v) is 2.18. The van der Waals surface area contributed by atoms with E-state index in [9.17, 15) is 4.79 Å². The monoisotopic (exact) mass is 232 g/mol. The van der Waals surface area contributed by atoms with Gasteiger partial charge in [-0.2, -0.15) is 0 Å². The van der Waals surface area contributed by atoms with E-state index in [1.165, 1.54) is 7.11 Å². The van der Waals surface area contributed by atoms with Gasteiger partial charge in [0.15, 0.2) is 0 Å². The molecule has 1 aromatic heterocycles. The predicted octanol–water partition coefficient (Wildman–Crippen LogP) is 1.90. The summed E-state index contributed by atoms with van der Waals surface area (Å²) in [4.78, 5) is 17.8. The van der Waals surface area contributed by atoms with Crippen molar-refractivity contribution >= 4 is 5.91 Å². The number of hydrogen-bond donors (Lipinski definition) is 0. The van der Waals surface area contributed by atoms with Crippen molar-refractivity contribution in [3.05, 3.63) is 49.2 Å². The fourth-order valence-electron chi connectivity index (χ4n) is 1.44. The number of carbonyl (C=O) groups is 1. The second-order valence-corrected chi connectivity index (χ2v) is 3.35. The van der Waals surface area contributed by atoms with Gasteiger partial charge in [-0.3, -0.25) is 4.79 Å².